The van der Waals surface area contributed by atoms with Crippen LogP contribution in [0.4, 0.5) is 0 Å². The van der Waals surface area contributed by atoms with Crippen LogP contribution in [0.5, 0.6) is 5.75 Å². The number of phenolic OH excluding ortho intramolecular Hbond substituents is 1. The van der Waals surface area contributed by atoms with Crippen molar-refractivity contribution < 1.29 is 14.6 Å². The molecule has 1 aliphatic heterocycles. The molecule has 0 aliphatic carbocycles. The minimum atomic E-state index is -0.175. The van der Waals surface area contributed by atoms with E-state index in [1.165, 1.54) is 6.07 Å². The van der Waals surface area contributed by atoms with Gasteiger partial charge < -0.3 is 14.7 Å². The van der Waals surface area contributed by atoms with Crippen molar-refractivity contribution in [3.8, 4) is 5.75 Å². The zero-order chi connectivity index (χ0) is 12.4. The number of rotatable bonds is 2. The highest BCUT2D eigenvalue weighted by Gasteiger charge is 2.26. The number of ether oxygens (including phenoxy) is 1. The Bertz CT molecular complexity index is 430. The van der Waals surface area contributed by atoms with E-state index >= 15 is 0 Å². The van der Waals surface area contributed by atoms with E-state index in [1.807, 2.05) is 0 Å². The summed E-state index contributed by atoms with van der Waals surface area (Å²) in [6, 6.07) is 4.98. The standard InChI is InChI=1S/C12H14BrNO3/c1-14(9-4-5-17-7-9)12(16)10-3-2-8(13)6-11(10)15/h2-3,6,9,15H,4-5,7H2,1H3. The van der Waals surface area contributed by atoms with E-state index in [-0.39, 0.29) is 17.7 Å². The van der Waals surface area contributed by atoms with Crippen LogP contribution in [0.2, 0.25) is 0 Å². The smallest absolute Gasteiger partial charge is 0.257 e. The lowest BCUT2D eigenvalue weighted by Crippen LogP contribution is -2.37. The molecule has 1 fully saturated rings. The Morgan fingerprint density at radius 1 is 1.59 bits per heavy atom. The lowest BCUT2D eigenvalue weighted by molar-refractivity contribution is 0.0708. The van der Waals surface area contributed by atoms with Gasteiger partial charge >= 0.3 is 0 Å². The lowest BCUT2D eigenvalue weighted by atomic mass is 10.1. The number of aromatic hydroxyl groups is 1. The summed E-state index contributed by atoms with van der Waals surface area (Å²) < 4.78 is 6.00. The van der Waals surface area contributed by atoms with Crippen LogP contribution in [0.3, 0.4) is 0 Å². The molecule has 1 atom stereocenters. The van der Waals surface area contributed by atoms with E-state index in [0.29, 0.717) is 18.8 Å². The van der Waals surface area contributed by atoms with Gasteiger partial charge in [-0.15, -0.1) is 0 Å². The van der Waals surface area contributed by atoms with Gasteiger partial charge in [0.1, 0.15) is 5.75 Å². The van der Waals surface area contributed by atoms with Crippen LogP contribution in [0.1, 0.15) is 16.8 Å². The number of hydrogen-bond acceptors (Lipinski definition) is 3. The molecule has 1 unspecified atom stereocenters. The van der Waals surface area contributed by atoms with E-state index in [9.17, 15) is 9.90 Å². The fourth-order valence-corrected chi connectivity index (χ4v) is 2.22. The van der Waals surface area contributed by atoms with Gasteiger partial charge in [-0.3, -0.25) is 4.79 Å². The third-order valence-corrected chi connectivity index (χ3v) is 3.46. The van der Waals surface area contributed by atoms with Crippen molar-refractivity contribution in [3.05, 3.63) is 28.2 Å². The Morgan fingerprint density at radius 2 is 2.35 bits per heavy atom. The van der Waals surface area contributed by atoms with E-state index in [0.717, 1.165) is 10.9 Å². The van der Waals surface area contributed by atoms with Crippen molar-refractivity contribution in [2.24, 2.45) is 0 Å². The first-order valence-corrected chi connectivity index (χ1v) is 6.22. The fraction of sp³-hybridized carbons (Fsp3) is 0.417. The van der Waals surface area contributed by atoms with Gasteiger partial charge in [0.2, 0.25) is 0 Å². The molecule has 2 rings (SSSR count). The van der Waals surface area contributed by atoms with Crippen LogP contribution >= 0.6 is 15.9 Å². The summed E-state index contributed by atoms with van der Waals surface area (Å²) >= 11 is 3.24. The SMILES string of the molecule is CN(C(=O)c1ccc(Br)cc1O)C1CCOC1. The molecular formula is C12H14BrNO3. The molecule has 1 N–H and O–H groups in total. The summed E-state index contributed by atoms with van der Waals surface area (Å²) in [6.45, 7) is 1.26. The van der Waals surface area contributed by atoms with Crippen LogP contribution in [0.25, 0.3) is 0 Å². The normalized spacial score (nSPS) is 19.3. The van der Waals surface area contributed by atoms with Gasteiger partial charge in [0, 0.05) is 18.1 Å². The first kappa shape index (κ1) is 12.4. The van der Waals surface area contributed by atoms with Gasteiger partial charge in [0.25, 0.3) is 5.91 Å². The molecule has 0 radical (unpaired) electrons. The van der Waals surface area contributed by atoms with Crippen molar-refractivity contribution in [3.63, 3.8) is 0 Å². The highest BCUT2D eigenvalue weighted by atomic mass is 79.9. The van der Waals surface area contributed by atoms with Crippen molar-refractivity contribution >= 4 is 21.8 Å². The van der Waals surface area contributed by atoms with Crippen LogP contribution in [0, 0.1) is 0 Å². The van der Waals surface area contributed by atoms with E-state index in [2.05, 4.69) is 15.9 Å². The molecule has 1 amide bonds. The molecule has 0 bridgehead atoms. The highest BCUT2D eigenvalue weighted by Crippen LogP contribution is 2.24. The Kier molecular flexibility index (Phi) is 3.69. The largest absolute Gasteiger partial charge is 0.507 e. The van der Waals surface area contributed by atoms with Crippen LogP contribution < -0.4 is 0 Å². The van der Waals surface area contributed by atoms with Crippen molar-refractivity contribution in [1.82, 2.24) is 4.90 Å². The number of likely N-dealkylation sites (N-methyl/N-ethyl adjacent to an activating group) is 1. The summed E-state index contributed by atoms with van der Waals surface area (Å²) in [6.07, 6.45) is 0.847. The maximum absolute atomic E-state index is 12.2. The fourth-order valence-electron chi connectivity index (χ4n) is 1.87. The van der Waals surface area contributed by atoms with E-state index in [4.69, 9.17) is 4.74 Å². The number of carbonyl (C=O) groups excluding carboxylic acids is 1. The molecule has 0 saturated carbocycles. The second kappa shape index (κ2) is 5.06. The maximum Gasteiger partial charge on any atom is 0.257 e. The van der Waals surface area contributed by atoms with Crippen molar-refractivity contribution in [1.29, 1.82) is 0 Å². The first-order valence-electron chi connectivity index (χ1n) is 5.43. The van der Waals surface area contributed by atoms with Crippen molar-refractivity contribution in [2.45, 2.75) is 12.5 Å². The quantitative estimate of drug-likeness (QED) is 0.909. The number of benzene rings is 1. The molecule has 5 heteroatoms. The molecule has 1 aromatic rings. The third kappa shape index (κ3) is 2.61. The molecule has 17 heavy (non-hydrogen) atoms. The molecule has 1 saturated heterocycles. The summed E-state index contributed by atoms with van der Waals surface area (Å²) in [5.41, 5.74) is 0.322. The Hall–Kier alpha value is -1.07. The van der Waals surface area contributed by atoms with Crippen molar-refractivity contribution in [2.75, 3.05) is 20.3 Å². The van der Waals surface area contributed by atoms with Gasteiger partial charge in [0.15, 0.2) is 0 Å². The topological polar surface area (TPSA) is 49.8 Å². The van der Waals surface area contributed by atoms with Gasteiger partial charge in [0.05, 0.1) is 18.2 Å². The predicted octanol–water partition coefficient (Wildman–Crippen LogP) is 2.02. The predicted molar refractivity (Wildman–Crippen MR) is 67.1 cm³/mol. The Morgan fingerprint density at radius 3 is 2.94 bits per heavy atom. The molecule has 1 heterocycles. The van der Waals surface area contributed by atoms with Gasteiger partial charge in [-0.2, -0.15) is 0 Å². The highest BCUT2D eigenvalue weighted by molar-refractivity contribution is 9.10. The Balaban J connectivity index is 2.18. The monoisotopic (exact) mass is 299 g/mol. The number of amides is 1. The average Bonchev–Trinajstić information content (AvgIpc) is 2.80. The number of halogens is 1. The van der Waals surface area contributed by atoms with Crippen LogP contribution in [0.15, 0.2) is 22.7 Å². The van der Waals surface area contributed by atoms with Gasteiger partial charge in [-0.25, -0.2) is 0 Å². The number of hydrogen-bond donors (Lipinski definition) is 1. The molecule has 1 aromatic carbocycles. The third-order valence-electron chi connectivity index (χ3n) is 2.96. The van der Waals surface area contributed by atoms with Crippen LogP contribution in [-0.4, -0.2) is 42.2 Å². The summed E-state index contributed by atoms with van der Waals surface area (Å²) in [5, 5.41) is 9.74. The van der Waals surface area contributed by atoms with E-state index < -0.39 is 0 Å². The maximum atomic E-state index is 12.2. The molecule has 4 nitrogen and oxygen atoms in total. The second-order valence-corrected chi connectivity index (χ2v) is 5.01. The van der Waals surface area contributed by atoms with Crippen LogP contribution in [-0.2, 0) is 4.74 Å². The summed E-state index contributed by atoms with van der Waals surface area (Å²) in [4.78, 5) is 13.8. The number of phenols is 1. The number of nitrogens with zero attached hydrogens (tertiary/aromatic N) is 1. The average molecular weight is 300 g/mol. The molecule has 0 aromatic heterocycles. The second-order valence-electron chi connectivity index (χ2n) is 4.09. The zero-order valence-electron chi connectivity index (χ0n) is 9.52. The Labute approximate surface area is 108 Å². The minimum absolute atomic E-state index is 0.00450. The lowest BCUT2D eigenvalue weighted by Gasteiger charge is -2.23. The first-order chi connectivity index (χ1) is 8.09. The summed E-state index contributed by atoms with van der Waals surface area (Å²) in [5.74, 6) is -0.180. The number of carbonyl (C=O) groups is 1. The zero-order valence-corrected chi connectivity index (χ0v) is 11.1. The van der Waals surface area contributed by atoms with Gasteiger partial charge in [-0.05, 0) is 24.6 Å². The van der Waals surface area contributed by atoms with E-state index in [1.54, 1.807) is 24.1 Å². The molecule has 0 spiro atoms. The molecular weight excluding hydrogens is 286 g/mol. The molecule has 92 valence electrons. The summed E-state index contributed by atoms with van der Waals surface area (Å²) in [7, 11) is 1.74. The molecule has 1 aliphatic rings. The minimum Gasteiger partial charge on any atom is -0.507 e. The van der Waals surface area contributed by atoms with Gasteiger partial charge in [-0.1, -0.05) is 15.9 Å².